The molecule has 0 spiro atoms. The molecular formula is C17H18ClN3O2S. The molecular weight excluding hydrogens is 346 g/mol. The quantitative estimate of drug-likeness (QED) is 0.447. The first-order valence-electron chi connectivity index (χ1n) is 7.31. The van der Waals surface area contributed by atoms with Crippen molar-refractivity contribution in [2.75, 3.05) is 6.61 Å². The van der Waals surface area contributed by atoms with Gasteiger partial charge in [-0.3, -0.25) is 5.43 Å². The van der Waals surface area contributed by atoms with Gasteiger partial charge in [0.1, 0.15) is 6.61 Å². The Hall–Kier alpha value is -2.31. The second kappa shape index (κ2) is 9.10. The maximum Gasteiger partial charge on any atom is 0.184 e. The Balaban J connectivity index is 2.09. The van der Waals surface area contributed by atoms with Crippen molar-refractivity contribution in [1.82, 2.24) is 5.43 Å². The van der Waals surface area contributed by atoms with E-state index >= 15 is 0 Å². The van der Waals surface area contributed by atoms with E-state index in [1.54, 1.807) is 6.21 Å². The van der Waals surface area contributed by atoms with E-state index < -0.39 is 0 Å². The fourth-order valence-electron chi connectivity index (χ4n) is 1.90. The van der Waals surface area contributed by atoms with Gasteiger partial charge in [0.05, 0.1) is 12.8 Å². The van der Waals surface area contributed by atoms with Crippen molar-refractivity contribution in [2.45, 2.75) is 13.5 Å². The molecule has 2 aromatic carbocycles. The maximum atomic E-state index is 5.88. The summed E-state index contributed by atoms with van der Waals surface area (Å²) < 4.78 is 11.5. The number of nitrogens with one attached hydrogen (secondary N) is 1. The zero-order chi connectivity index (χ0) is 17.4. The second-order valence-corrected chi connectivity index (χ2v) is 5.66. The third kappa shape index (κ3) is 5.72. The fraction of sp³-hybridized carbons (Fsp3) is 0.176. The molecule has 2 rings (SSSR count). The first-order valence-corrected chi connectivity index (χ1v) is 8.09. The largest absolute Gasteiger partial charge is 0.490 e. The number of nitrogens with two attached hydrogens (primary N) is 1. The van der Waals surface area contributed by atoms with Crippen molar-refractivity contribution < 1.29 is 9.47 Å². The SMILES string of the molecule is CCOc1cc(/C=N\NC(N)=S)ccc1OCc1ccc(Cl)cc1. The molecule has 2 aromatic rings. The van der Waals surface area contributed by atoms with E-state index in [1.165, 1.54) is 0 Å². The topological polar surface area (TPSA) is 68.9 Å². The standard InChI is InChI=1S/C17H18ClN3O2S/c1-2-22-16-9-13(10-20-21-17(19)24)5-8-15(16)23-11-12-3-6-14(18)7-4-12/h3-10H,2,11H2,1H3,(H3,19,21,24)/b20-10-. The lowest BCUT2D eigenvalue weighted by Crippen LogP contribution is -2.23. The van der Waals surface area contributed by atoms with Crippen molar-refractivity contribution >= 4 is 35.1 Å². The van der Waals surface area contributed by atoms with E-state index in [4.69, 9.17) is 26.8 Å². The minimum atomic E-state index is 0.110. The van der Waals surface area contributed by atoms with Crippen LogP contribution in [0.3, 0.4) is 0 Å². The highest BCUT2D eigenvalue weighted by Crippen LogP contribution is 2.29. The lowest BCUT2D eigenvalue weighted by Gasteiger charge is -2.12. The molecule has 0 aliphatic heterocycles. The molecule has 0 saturated heterocycles. The number of halogens is 1. The van der Waals surface area contributed by atoms with E-state index in [-0.39, 0.29) is 5.11 Å². The molecule has 3 N–H and O–H groups in total. The van der Waals surface area contributed by atoms with Gasteiger partial charge in [-0.25, -0.2) is 0 Å². The van der Waals surface area contributed by atoms with Crippen LogP contribution in [0.1, 0.15) is 18.1 Å². The van der Waals surface area contributed by atoms with Crippen LogP contribution in [0.4, 0.5) is 0 Å². The summed E-state index contributed by atoms with van der Waals surface area (Å²) in [4.78, 5) is 0. The summed E-state index contributed by atoms with van der Waals surface area (Å²) in [6.07, 6.45) is 1.60. The van der Waals surface area contributed by atoms with Crippen LogP contribution in [0.15, 0.2) is 47.6 Å². The van der Waals surface area contributed by atoms with Crippen LogP contribution in [0.25, 0.3) is 0 Å². The van der Waals surface area contributed by atoms with E-state index in [0.717, 1.165) is 11.1 Å². The Morgan fingerprint density at radius 2 is 1.96 bits per heavy atom. The van der Waals surface area contributed by atoms with E-state index in [0.29, 0.717) is 29.7 Å². The summed E-state index contributed by atoms with van der Waals surface area (Å²) >= 11 is 10.6. The Morgan fingerprint density at radius 3 is 2.62 bits per heavy atom. The average molecular weight is 364 g/mol. The molecule has 5 nitrogen and oxygen atoms in total. The van der Waals surface area contributed by atoms with Gasteiger partial charge in [-0.05, 0) is 60.6 Å². The van der Waals surface area contributed by atoms with Crippen LogP contribution in [0.2, 0.25) is 5.02 Å². The molecule has 0 atom stereocenters. The highest BCUT2D eigenvalue weighted by atomic mass is 35.5. The minimum absolute atomic E-state index is 0.110. The van der Waals surface area contributed by atoms with E-state index in [2.05, 4.69) is 22.7 Å². The molecule has 0 aliphatic rings. The van der Waals surface area contributed by atoms with Crippen LogP contribution in [-0.4, -0.2) is 17.9 Å². The number of hydrogen-bond acceptors (Lipinski definition) is 4. The third-order valence-electron chi connectivity index (χ3n) is 2.96. The number of hydrazone groups is 1. The average Bonchev–Trinajstić information content (AvgIpc) is 2.55. The molecule has 0 radical (unpaired) electrons. The monoisotopic (exact) mass is 363 g/mol. The number of ether oxygens (including phenoxy) is 2. The molecule has 0 amide bonds. The molecule has 126 valence electrons. The Bertz CT molecular complexity index is 720. The molecule has 0 saturated carbocycles. The van der Waals surface area contributed by atoms with Crippen LogP contribution < -0.4 is 20.6 Å². The molecule has 0 bridgehead atoms. The van der Waals surface area contributed by atoms with Crippen LogP contribution in [0, 0.1) is 0 Å². The van der Waals surface area contributed by atoms with Gasteiger partial charge in [0.15, 0.2) is 16.6 Å². The highest BCUT2D eigenvalue weighted by Gasteiger charge is 2.06. The van der Waals surface area contributed by atoms with Gasteiger partial charge >= 0.3 is 0 Å². The summed E-state index contributed by atoms with van der Waals surface area (Å²) in [5, 5.41) is 4.73. The maximum absolute atomic E-state index is 5.88. The molecule has 0 aromatic heterocycles. The van der Waals surface area contributed by atoms with Crippen LogP contribution in [-0.2, 0) is 6.61 Å². The second-order valence-electron chi connectivity index (χ2n) is 4.79. The Kier molecular flexibility index (Phi) is 6.84. The zero-order valence-corrected chi connectivity index (χ0v) is 14.7. The van der Waals surface area contributed by atoms with Gasteiger partial charge in [0, 0.05) is 5.02 Å². The van der Waals surface area contributed by atoms with Gasteiger partial charge in [-0.15, -0.1) is 0 Å². The van der Waals surface area contributed by atoms with Gasteiger partial charge in [0.25, 0.3) is 0 Å². The first-order chi connectivity index (χ1) is 11.6. The van der Waals surface area contributed by atoms with E-state index in [9.17, 15) is 0 Å². The molecule has 0 aliphatic carbocycles. The van der Waals surface area contributed by atoms with Crippen molar-refractivity contribution in [3.05, 3.63) is 58.6 Å². The number of rotatable bonds is 7. The van der Waals surface area contributed by atoms with E-state index in [1.807, 2.05) is 49.4 Å². The number of hydrogen-bond donors (Lipinski definition) is 2. The van der Waals surface area contributed by atoms with Gasteiger partial charge in [0.2, 0.25) is 0 Å². The third-order valence-corrected chi connectivity index (χ3v) is 3.31. The first kappa shape index (κ1) is 18.0. The minimum Gasteiger partial charge on any atom is -0.490 e. The number of thiocarbonyl (C=S) groups is 1. The predicted octanol–water partition coefficient (Wildman–Crippen LogP) is 3.48. The summed E-state index contributed by atoms with van der Waals surface area (Å²) in [5.74, 6) is 1.30. The van der Waals surface area contributed by atoms with Gasteiger partial charge in [-0.1, -0.05) is 23.7 Å². The predicted molar refractivity (Wildman–Crippen MR) is 101 cm³/mol. The number of benzene rings is 2. The highest BCUT2D eigenvalue weighted by molar-refractivity contribution is 7.80. The van der Waals surface area contributed by atoms with Crippen molar-refractivity contribution in [1.29, 1.82) is 0 Å². The summed E-state index contributed by atoms with van der Waals surface area (Å²) in [5.41, 5.74) is 9.68. The zero-order valence-electron chi connectivity index (χ0n) is 13.2. The molecule has 0 unspecified atom stereocenters. The van der Waals surface area contributed by atoms with Gasteiger partial charge < -0.3 is 15.2 Å². The van der Waals surface area contributed by atoms with Crippen molar-refractivity contribution in [3.63, 3.8) is 0 Å². The molecule has 0 heterocycles. The summed E-state index contributed by atoms with van der Waals surface area (Å²) in [6.45, 7) is 2.87. The summed E-state index contributed by atoms with van der Waals surface area (Å²) in [6, 6.07) is 13.0. The molecule has 7 heteroatoms. The lowest BCUT2D eigenvalue weighted by molar-refractivity contribution is 0.269. The van der Waals surface area contributed by atoms with Crippen LogP contribution >= 0.6 is 23.8 Å². The Labute approximate surface area is 151 Å². The number of nitrogens with zero attached hydrogens (tertiary/aromatic N) is 1. The van der Waals surface area contributed by atoms with Crippen molar-refractivity contribution in [3.8, 4) is 11.5 Å². The molecule has 24 heavy (non-hydrogen) atoms. The Morgan fingerprint density at radius 1 is 1.21 bits per heavy atom. The van der Waals surface area contributed by atoms with Gasteiger partial charge in [-0.2, -0.15) is 5.10 Å². The smallest absolute Gasteiger partial charge is 0.184 e. The fourth-order valence-corrected chi connectivity index (χ4v) is 2.08. The van der Waals surface area contributed by atoms with Crippen molar-refractivity contribution in [2.24, 2.45) is 10.8 Å². The normalized spacial score (nSPS) is 10.6. The van der Waals surface area contributed by atoms with Crippen LogP contribution in [0.5, 0.6) is 11.5 Å². The lowest BCUT2D eigenvalue weighted by atomic mass is 10.2. The molecule has 0 fully saturated rings. The summed E-state index contributed by atoms with van der Waals surface area (Å²) in [7, 11) is 0.